The van der Waals surface area contributed by atoms with Crippen molar-refractivity contribution in [3.8, 4) is 34.1 Å². The largest absolute Gasteiger partial charge is 0.415 e. The van der Waals surface area contributed by atoms with Gasteiger partial charge < -0.3 is 27.6 Å². The fourth-order valence-corrected chi connectivity index (χ4v) is 5.21. The molecule has 270 valence electrons. The second kappa shape index (κ2) is 18.7. The van der Waals surface area contributed by atoms with Crippen molar-refractivity contribution in [2.24, 2.45) is 0 Å². The molecule has 3 aromatic rings. The molecular weight excluding hydrogens is 744 g/mol. The minimum atomic E-state index is -3.89. The lowest BCUT2D eigenvalue weighted by atomic mass is 10.0. The summed E-state index contributed by atoms with van der Waals surface area (Å²) >= 11 is 3.23. The van der Waals surface area contributed by atoms with E-state index in [2.05, 4.69) is 15.9 Å². The molecule has 3 aromatic carbocycles. The van der Waals surface area contributed by atoms with Gasteiger partial charge in [-0.15, -0.1) is 0 Å². The highest BCUT2D eigenvalue weighted by atomic mass is 79.9. The van der Waals surface area contributed by atoms with Crippen molar-refractivity contribution < 1.29 is 44.3 Å². The van der Waals surface area contributed by atoms with Crippen LogP contribution in [0.5, 0.6) is 23.0 Å². The first kappa shape index (κ1) is 41.3. The van der Waals surface area contributed by atoms with Gasteiger partial charge >= 0.3 is 32.8 Å². The molecule has 0 aliphatic rings. The molecule has 14 nitrogen and oxygen atoms in total. The van der Waals surface area contributed by atoms with E-state index in [1.54, 1.807) is 11.0 Å². The van der Waals surface area contributed by atoms with E-state index >= 15 is 0 Å². The van der Waals surface area contributed by atoms with Gasteiger partial charge in [-0.1, -0.05) is 30.3 Å². The predicted molar refractivity (Wildman–Crippen MR) is 190 cm³/mol. The first-order chi connectivity index (χ1) is 23.0. The lowest BCUT2D eigenvalue weighted by Gasteiger charge is -2.20. The average molecular weight is 788 g/mol. The summed E-state index contributed by atoms with van der Waals surface area (Å²) in [6.07, 6.45) is -0.938. The zero-order valence-corrected chi connectivity index (χ0v) is 32.0. The van der Waals surface area contributed by atoms with Crippen LogP contribution in [0.25, 0.3) is 11.1 Å². The Bertz CT molecular complexity index is 1770. The third-order valence-corrected chi connectivity index (χ3v) is 9.89. The molecule has 0 aromatic heterocycles. The molecule has 0 heterocycles. The van der Waals surface area contributed by atoms with E-state index in [1.807, 2.05) is 58.0 Å². The Morgan fingerprint density at radius 1 is 0.612 bits per heavy atom. The van der Waals surface area contributed by atoms with E-state index in [0.29, 0.717) is 42.0 Å². The van der Waals surface area contributed by atoms with Gasteiger partial charge in [-0.2, -0.15) is 25.4 Å². The van der Waals surface area contributed by atoms with Crippen molar-refractivity contribution >= 4 is 48.7 Å². The number of nitrogens with zero attached hydrogens (tertiary/aromatic N) is 4. The normalized spacial score (nSPS) is 11.3. The van der Waals surface area contributed by atoms with E-state index in [9.17, 15) is 26.4 Å². The Hall–Kier alpha value is -3.90. The smallest absolute Gasteiger partial charge is 0.410 e. The summed E-state index contributed by atoms with van der Waals surface area (Å²) < 4.78 is 70.4. The molecule has 0 aliphatic heterocycles. The molecule has 0 fully saturated rings. The Labute approximate surface area is 297 Å². The van der Waals surface area contributed by atoms with Crippen molar-refractivity contribution in [3.05, 3.63) is 71.2 Å². The second-order valence-electron chi connectivity index (χ2n) is 10.3. The molecule has 0 bridgehead atoms. The van der Waals surface area contributed by atoms with Crippen LogP contribution in [0.4, 0.5) is 9.59 Å². The fourth-order valence-electron chi connectivity index (χ4n) is 3.78. The maximum absolute atomic E-state index is 12.3. The summed E-state index contributed by atoms with van der Waals surface area (Å²) in [6, 6.07) is 18.1. The molecule has 0 unspecified atom stereocenters. The van der Waals surface area contributed by atoms with Gasteiger partial charge in [-0.3, -0.25) is 0 Å². The molecule has 0 saturated carbocycles. The number of hydrogen-bond acceptors (Lipinski definition) is 10. The fraction of sp³-hybridized carbons (Fsp3) is 0.375. The van der Waals surface area contributed by atoms with E-state index in [0.717, 1.165) is 14.2 Å². The van der Waals surface area contributed by atoms with Crippen LogP contribution in [0.1, 0.15) is 27.7 Å². The van der Waals surface area contributed by atoms with Crippen molar-refractivity contribution in [1.29, 1.82) is 0 Å². The monoisotopic (exact) mass is 786 g/mol. The van der Waals surface area contributed by atoms with Crippen LogP contribution in [-0.2, 0) is 20.6 Å². The summed E-state index contributed by atoms with van der Waals surface area (Å²) in [5.74, 6) is 0.854. The summed E-state index contributed by atoms with van der Waals surface area (Å²) in [5.41, 5.74) is 1.33. The Morgan fingerprint density at radius 2 is 1.02 bits per heavy atom. The molecule has 3 rings (SSSR count). The van der Waals surface area contributed by atoms with Crippen LogP contribution in [0, 0.1) is 0 Å². The van der Waals surface area contributed by atoms with E-state index in [4.69, 9.17) is 17.8 Å². The van der Waals surface area contributed by atoms with Gasteiger partial charge in [-0.05, 0) is 85.6 Å². The molecule has 0 atom stereocenters. The number of benzene rings is 3. The van der Waals surface area contributed by atoms with Gasteiger partial charge in [0.25, 0.3) is 0 Å². The van der Waals surface area contributed by atoms with Crippen LogP contribution in [0.15, 0.2) is 71.2 Å². The van der Waals surface area contributed by atoms with E-state index < -0.39 is 32.8 Å². The minimum Gasteiger partial charge on any atom is -0.410 e. The number of rotatable bonds is 13. The van der Waals surface area contributed by atoms with Crippen molar-refractivity contribution in [2.75, 3.05) is 54.4 Å². The maximum atomic E-state index is 12.3. The van der Waals surface area contributed by atoms with Crippen LogP contribution in [-0.4, -0.2) is 102 Å². The zero-order chi connectivity index (χ0) is 36.9. The molecule has 17 heteroatoms. The van der Waals surface area contributed by atoms with Crippen LogP contribution >= 0.6 is 15.9 Å². The molecule has 49 heavy (non-hydrogen) atoms. The molecule has 0 saturated heterocycles. The SMILES string of the molecule is CCN(CC)C(=O)Oc1ccc(OS(=O)(=O)N(C)C)cc1-c1ccccc1.CCN(CC)C(=O)Oc1ccc(OS(=O)(=O)N(C)C)cc1Br. The molecular formula is C32H43BrN4O10S2. The van der Waals surface area contributed by atoms with E-state index in [1.165, 1.54) is 63.4 Å². The summed E-state index contributed by atoms with van der Waals surface area (Å²) in [6.45, 7) is 9.56. The van der Waals surface area contributed by atoms with Crippen LogP contribution < -0.4 is 17.8 Å². The lowest BCUT2D eigenvalue weighted by molar-refractivity contribution is 0.156. The highest BCUT2D eigenvalue weighted by Crippen LogP contribution is 2.35. The highest BCUT2D eigenvalue weighted by Gasteiger charge is 2.21. The van der Waals surface area contributed by atoms with Gasteiger partial charge in [0.1, 0.15) is 23.0 Å². The number of carbonyl (C=O) groups is 2. The highest BCUT2D eigenvalue weighted by molar-refractivity contribution is 9.10. The molecule has 2 amide bonds. The van der Waals surface area contributed by atoms with Crippen molar-refractivity contribution in [3.63, 3.8) is 0 Å². The standard InChI is InChI=1S/C19H24N2O5S.C13H19BrN2O5S/c1-5-21(6-2)19(22)25-18-13-12-16(26-27(23,24)20(3)4)14-17(18)15-10-8-7-9-11-15;1-5-16(6-2)13(17)20-12-8-7-10(9-11(12)14)21-22(18,19)15(3)4/h7-14H,5-6H2,1-4H3;7-9H,5-6H2,1-4H3. The van der Waals surface area contributed by atoms with Gasteiger partial charge in [0.2, 0.25) is 0 Å². The number of hydrogen-bond donors (Lipinski definition) is 0. The second-order valence-corrected chi connectivity index (χ2v) is 14.7. The summed E-state index contributed by atoms with van der Waals surface area (Å²) in [7, 11) is -2.22. The van der Waals surface area contributed by atoms with Crippen LogP contribution in [0.2, 0.25) is 0 Å². The van der Waals surface area contributed by atoms with Gasteiger partial charge in [0.05, 0.1) is 4.47 Å². The maximum Gasteiger partial charge on any atom is 0.415 e. The summed E-state index contributed by atoms with van der Waals surface area (Å²) in [4.78, 5) is 27.3. The number of halogens is 1. The third kappa shape index (κ3) is 12.2. The first-order valence-corrected chi connectivity index (χ1v) is 18.7. The third-order valence-electron chi connectivity index (χ3n) is 6.67. The topological polar surface area (TPSA) is 152 Å². The van der Waals surface area contributed by atoms with E-state index in [-0.39, 0.29) is 17.2 Å². The zero-order valence-electron chi connectivity index (χ0n) is 28.7. The average Bonchev–Trinajstić information content (AvgIpc) is 3.04. The first-order valence-electron chi connectivity index (χ1n) is 15.2. The lowest BCUT2D eigenvalue weighted by Crippen LogP contribution is -2.33. The molecule has 0 aliphatic carbocycles. The number of carbonyl (C=O) groups excluding carboxylic acids is 2. The Kier molecular flexibility index (Phi) is 15.8. The molecule has 0 radical (unpaired) electrons. The van der Waals surface area contributed by atoms with Crippen LogP contribution in [0.3, 0.4) is 0 Å². The van der Waals surface area contributed by atoms with Gasteiger partial charge in [0, 0.05) is 59.9 Å². The molecule has 0 spiro atoms. The van der Waals surface area contributed by atoms with Crippen molar-refractivity contribution in [2.45, 2.75) is 27.7 Å². The van der Waals surface area contributed by atoms with Gasteiger partial charge in [-0.25, -0.2) is 9.59 Å². The quantitative estimate of drug-likeness (QED) is 0.206. The predicted octanol–water partition coefficient (Wildman–Crippen LogP) is 5.85. The number of ether oxygens (including phenoxy) is 2. The van der Waals surface area contributed by atoms with Crippen molar-refractivity contribution in [1.82, 2.24) is 18.4 Å². The minimum absolute atomic E-state index is 0.114. The number of amides is 2. The van der Waals surface area contributed by atoms with Gasteiger partial charge in [0.15, 0.2) is 0 Å². The Morgan fingerprint density at radius 3 is 1.43 bits per heavy atom. The molecule has 0 N–H and O–H groups in total. The Balaban J connectivity index is 0.000000348. The summed E-state index contributed by atoms with van der Waals surface area (Å²) in [5, 5.41) is 0.